The Kier molecular flexibility index (Phi) is 5.13. The maximum atomic E-state index is 12.6. The topological polar surface area (TPSA) is 49.4 Å². The van der Waals surface area contributed by atoms with Crippen LogP contribution in [0, 0.1) is 0 Å². The summed E-state index contributed by atoms with van der Waals surface area (Å²) >= 11 is 5.91. The Bertz CT molecular complexity index is 985. The first kappa shape index (κ1) is 18.3. The van der Waals surface area contributed by atoms with Gasteiger partial charge < -0.3 is 10.2 Å². The lowest BCUT2D eigenvalue weighted by atomic mass is 10.0. The summed E-state index contributed by atoms with van der Waals surface area (Å²) in [5, 5.41) is 3.59. The first-order valence-electron chi connectivity index (χ1n) is 9.12. The molecule has 1 unspecified atom stereocenters. The fourth-order valence-electron chi connectivity index (χ4n) is 3.39. The molecule has 1 aliphatic rings. The summed E-state index contributed by atoms with van der Waals surface area (Å²) in [6.45, 7) is 0.453. The third-order valence-corrected chi connectivity index (χ3v) is 5.10. The number of rotatable bonds is 4. The SMILES string of the molecule is O=C(NC1CC(=O)N(c2ccc(Cl)cc2)C1)c1ccc(-c2ccccc2)cc1. The van der Waals surface area contributed by atoms with E-state index in [1.54, 1.807) is 17.0 Å². The lowest BCUT2D eigenvalue weighted by molar-refractivity contribution is -0.117. The van der Waals surface area contributed by atoms with Gasteiger partial charge in [0.15, 0.2) is 0 Å². The van der Waals surface area contributed by atoms with Crippen molar-refractivity contribution in [1.82, 2.24) is 5.32 Å². The zero-order chi connectivity index (χ0) is 19.5. The molecule has 4 rings (SSSR count). The van der Waals surface area contributed by atoms with E-state index in [2.05, 4.69) is 5.32 Å². The van der Waals surface area contributed by atoms with E-state index in [1.165, 1.54) is 0 Å². The van der Waals surface area contributed by atoms with Crippen LogP contribution >= 0.6 is 11.6 Å². The summed E-state index contributed by atoms with van der Waals surface area (Å²) in [5.74, 6) is -0.178. The van der Waals surface area contributed by atoms with Gasteiger partial charge in [-0.3, -0.25) is 9.59 Å². The Hall–Kier alpha value is -3.11. The fraction of sp³-hybridized carbons (Fsp3) is 0.130. The molecular formula is C23H19ClN2O2. The number of nitrogens with one attached hydrogen (secondary N) is 1. The number of carbonyl (C=O) groups excluding carboxylic acids is 2. The molecule has 2 amide bonds. The summed E-state index contributed by atoms with van der Waals surface area (Å²) < 4.78 is 0. The van der Waals surface area contributed by atoms with Crippen LogP contribution in [-0.2, 0) is 4.79 Å². The molecule has 1 fully saturated rings. The molecule has 3 aromatic rings. The lowest BCUT2D eigenvalue weighted by Gasteiger charge is -2.17. The first-order chi connectivity index (χ1) is 13.6. The molecule has 1 atom stereocenters. The second kappa shape index (κ2) is 7.87. The average molecular weight is 391 g/mol. The van der Waals surface area contributed by atoms with Crippen molar-refractivity contribution in [2.45, 2.75) is 12.5 Å². The smallest absolute Gasteiger partial charge is 0.251 e. The summed E-state index contributed by atoms with van der Waals surface area (Å²) in [6.07, 6.45) is 0.288. The van der Waals surface area contributed by atoms with Gasteiger partial charge in [-0.25, -0.2) is 0 Å². The van der Waals surface area contributed by atoms with Crippen molar-refractivity contribution >= 4 is 29.1 Å². The predicted octanol–water partition coefficient (Wildman–Crippen LogP) is 4.54. The van der Waals surface area contributed by atoms with Crippen LogP contribution in [0.5, 0.6) is 0 Å². The zero-order valence-electron chi connectivity index (χ0n) is 15.1. The molecule has 3 aromatic carbocycles. The van der Waals surface area contributed by atoms with Gasteiger partial charge in [-0.05, 0) is 47.5 Å². The molecule has 0 saturated carbocycles. The third-order valence-electron chi connectivity index (χ3n) is 4.85. The van der Waals surface area contributed by atoms with Gasteiger partial charge in [0.2, 0.25) is 5.91 Å². The molecule has 0 aromatic heterocycles. The highest BCUT2D eigenvalue weighted by Gasteiger charge is 2.31. The van der Waals surface area contributed by atoms with Crippen LogP contribution in [0.2, 0.25) is 5.02 Å². The Balaban J connectivity index is 1.41. The van der Waals surface area contributed by atoms with Crippen LogP contribution in [0.15, 0.2) is 78.9 Å². The fourth-order valence-corrected chi connectivity index (χ4v) is 3.51. The van der Waals surface area contributed by atoms with Gasteiger partial charge in [0.05, 0.1) is 6.04 Å². The minimum absolute atomic E-state index is 0.00736. The maximum Gasteiger partial charge on any atom is 0.251 e. The molecule has 1 saturated heterocycles. The highest BCUT2D eigenvalue weighted by Crippen LogP contribution is 2.24. The van der Waals surface area contributed by atoms with E-state index >= 15 is 0 Å². The van der Waals surface area contributed by atoms with E-state index in [1.807, 2.05) is 66.7 Å². The molecule has 28 heavy (non-hydrogen) atoms. The maximum absolute atomic E-state index is 12.6. The quantitative estimate of drug-likeness (QED) is 0.710. The average Bonchev–Trinajstić information content (AvgIpc) is 3.09. The van der Waals surface area contributed by atoms with E-state index in [0.717, 1.165) is 16.8 Å². The largest absolute Gasteiger partial charge is 0.347 e. The molecular weight excluding hydrogens is 372 g/mol. The Morgan fingerprint density at radius 2 is 1.54 bits per heavy atom. The van der Waals surface area contributed by atoms with Crippen LogP contribution in [-0.4, -0.2) is 24.4 Å². The van der Waals surface area contributed by atoms with Crippen molar-refractivity contribution < 1.29 is 9.59 Å². The highest BCUT2D eigenvalue weighted by atomic mass is 35.5. The van der Waals surface area contributed by atoms with Crippen molar-refractivity contribution in [3.8, 4) is 11.1 Å². The minimum atomic E-state index is -0.218. The van der Waals surface area contributed by atoms with E-state index in [0.29, 0.717) is 17.1 Å². The molecule has 0 spiro atoms. The second-order valence-corrected chi connectivity index (χ2v) is 7.24. The van der Waals surface area contributed by atoms with E-state index in [4.69, 9.17) is 11.6 Å². The van der Waals surface area contributed by atoms with E-state index < -0.39 is 0 Å². The molecule has 4 nitrogen and oxygen atoms in total. The number of benzene rings is 3. The van der Waals surface area contributed by atoms with Gasteiger partial charge in [0.1, 0.15) is 0 Å². The third kappa shape index (κ3) is 3.92. The molecule has 1 aliphatic heterocycles. The van der Waals surface area contributed by atoms with Gasteiger partial charge in [-0.1, -0.05) is 54.1 Å². The molecule has 5 heteroatoms. The molecule has 1 heterocycles. The number of amides is 2. The summed E-state index contributed by atoms with van der Waals surface area (Å²) in [4.78, 5) is 26.6. The predicted molar refractivity (Wildman–Crippen MR) is 112 cm³/mol. The number of halogens is 1. The van der Waals surface area contributed by atoms with Crippen molar-refractivity contribution in [2.24, 2.45) is 0 Å². The van der Waals surface area contributed by atoms with Gasteiger partial charge in [-0.2, -0.15) is 0 Å². The van der Waals surface area contributed by atoms with Crippen LogP contribution in [0.3, 0.4) is 0 Å². The first-order valence-corrected chi connectivity index (χ1v) is 9.50. The van der Waals surface area contributed by atoms with E-state index in [9.17, 15) is 9.59 Å². The molecule has 1 N–H and O–H groups in total. The normalized spacial score (nSPS) is 16.2. The Morgan fingerprint density at radius 1 is 0.893 bits per heavy atom. The standard InChI is InChI=1S/C23H19ClN2O2/c24-19-10-12-21(13-11-19)26-15-20(14-22(26)27)25-23(28)18-8-6-17(7-9-18)16-4-2-1-3-5-16/h1-13,20H,14-15H2,(H,25,28). The minimum Gasteiger partial charge on any atom is -0.347 e. The van der Waals surface area contributed by atoms with Crippen molar-refractivity contribution in [3.63, 3.8) is 0 Å². The summed E-state index contributed by atoms with van der Waals surface area (Å²) in [7, 11) is 0. The monoisotopic (exact) mass is 390 g/mol. The van der Waals surface area contributed by atoms with Crippen LogP contribution in [0.4, 0.5) is 5.69 Å². The molecule has 0 radical (unpaired) electrons. The number of anilines is 1. The lowest BCUT2D eigenvalue weighted by Crippen LogP contribution is -2.37. The van der Waals surface area contributed by atoms with Crippen LogP contribution < -0.4 is 10.2 Å². The van der Waals surface area contributed by atoms with Gasteiger partial charge in [0.25, 0.3) is 5.91 Å². The second-order valence-electron chi connectivity index (χ2n) is 6.80. The number of nitrogens with zero attached hydrogens (tertiary/aromatic N) is 1. The van der Waals surface area contributed by atoms with Crippen LogP contribution in [0.1, 0.15) is 16.8 Å². The number of hydrogen-bond donors (Lipinski definition) is 1. The van der Waals surface area contributed by atoms with Crippen molar-refractivity contribution in [2.75, 3.05) is 11.4 Å². The van der Waals surface area contributed by atoms with E-state index in [-0.39, 0.29) is 24.3 Å². The summed E-state index contributed by atoms with van der Waals surface area (Å²) in [5.41, 5.74) is 3.53. The summed E-state index contributed by atoms with van der Waals surface area (Å²) in [6, 6.07) is 24.4. The van der Waals surface area contributed by atoms with Gasteiger partial charge in [0, 0.05) is 29.2 Å². The Morgan fingerprint density at radius 3 is 2.21 bits per heavy atom. The van der Waals surface area contributed by atoms with Gasteiger partial charge in [-0.15, -0.1) is 0 Å². The van der Waals surface area contributed by atoms with Crippen LogP contribution in [0.25, 0.3) is 11.1 Å². The number of hydrogen-bond acceptors (Lipinski definition) is 2. The highest BCUT2D eigenvalue weighted by molar-refractivity contribution is 6.30. The van der Waals surface area contributed by atoms with Gasteiger partial charge >= 0.3 is 0 Å². The Labute approximate surface area is 168 Å². The molecule has 0 bridgehead atoms. The number of carbonyl (C=O) groups is 2. The molecule has 0 aliphatic carbocycles. The van der Waals surface area contributed by atoms with Crippen molar-refractivity contribution in [1.29, 1.82) is 0 Å². The van der Waals surface area contributed by atoms with Crippen molar-refractivity contribution in [3.05, 3.63) is 89.4 Å². The zero-order valence-corrected chi connectivity index (χ0v) is 15.9. The molecule has 140 valence electrons.